The fourth-order valence-electron chi connectivity index (χ4n) is 4.01. The summed E-state index contributed by atoms with van der Waals surface area (Å²) in [5.41, 5.74) is 3.59. The summed E-state index contributed by atoms with van der Waals surface area (Å²) in [5, 5.41) is 8.33. The normalized spacial score (nSPS) is 14.1. The standard InChI is InChI=1S/C26H37N3O/c1-21(29-25-20-24(30-2)19-23-15-10-18-28-26(23)25)11-9-17-27-16-8-4-3-5-12-22-13-6-7-14-22/h6,10,13-15,18-21,27,29H,3-5,7-9,11-12,16-17H2,1-2H3. The van der Waals surface area contributed by atoms with Gasteiger partial charge in [-0.3, -0.25) is 4.98 Å². The Morgan fingerprint density at radius 3 is 2.80 bits per heavy atom. The predicted octanol–water partition coefficient (Wildman–Crippen LogP) is 6.25. The Hall–Kier alpha value is -2.33. The number of hydrogen-bond donors (Lipinski definition) is 2. The van der Waals surface area contributed by atoms with Gasteiger partial charge in [-0.15, -0.1) is 0 Å². The quantitative estimate of drug-likeness (QED) is 0.363. The highest BCUT2D eigenvalue weighted by molar-refractivity contribution is 5.91. The van der Waals surface area contributed by atoms with Crippen molar-refractivity contribution in [1.82, 2.24) is 10.3 Å². The minimum absolute atomic E-state index is 0.392. The number of fused-ring (bicyclic) bond motifs is 1. The minimum Gasteiger partial charge on any atom is -0.497 e. The van der Waals surface area contributed by atoms with Gasteiger partial charge in [-0.2, -0.15) is 0 Å². The van der Waals surface area contributed by atoms with Gasteiger partial charge in [0.05, 0.1) is 18.3 Å². The van der Waals surface area contributed by atoms with E-state index in [9.17, 15) is 0 Å². The van der Waals surface area contributed by atoms with Gasteiger partial charge in [-0.05, 0) is 70.7 Å². The van der Waals surface area contributed by atoms with E-state index >= 15 is 0 Å². The molecule has 0 radical (unpaired) electrons. The zero-order valence-electron chi connectivity index (χ0n) is 18.6. The van der Waals surface area contributed by atoms with Crippen LogP contribution in [0, 0.1) is 0 Å². The molecule has 1 aromatic carbocycles. The van der Waals surface area contributed by atoms with E-state index in [1.165, 1.54) is 44.1 Å². The zero-order chi connectivity index (χ0) is 21.0. The molecule has 1 aromatic heterocycles. The number of pyridine rings is 1. The minimum atomic E-state index is 0.392. The molecule has 3 rings (SSSR count). The number of nitrogens with one attached hydrogen (secondary N) is 2. The first-order valence-corrected chi connectivity index (χ1v) is 11.5. The highest BCUT2D eigenvalue weighted by Gasteiger charge is 2.09. The van der Waals surface area contributed by atoms with Gasteiger partial charge in [0.15, 0.2) is 0 Å². The van der Waals surface area contributed by atoms with Crippen LogP contribution >= 0.6 is 0 Å². The van der Waals surface area contributed by atoms with E-state index < -0.39 is 0 Å². The molecular weight excluding hydrogens is 370 g/mol. The topological polar surface area (TPSA) is 46.2 Å². The summed E-state index contributed by atoms with van der Waals surface area (Å²) in [6.07, 6.45) is 18.7. The van der Waals surface area contributed by atoms with Crippen LogP contribution in [0.15, 0.2) is 54.3 Å². The van der Waals surface area contributed by atoms with Crippen molar-refractivity contribution in [2.24, 2.45) is 0 Å². The van der Waals surface area contributed by atoms with Crippen molar-refractivity contribution in [2.45, 2.75) is 64.3 Å². The van der Waals surface area contributed by atoms with Crippen molar-refractivity contribution in [3.05, 3.63) is 54.3 Å². The average Bonchev–Trinajstić information content (AvgIpc) is 3.28. The van der Waals surface area contributed by atoms with Crippen LogP contribution in [-0.4, -0.2) is 31.2 Å². The van der Waals surface area contributed by atoms with E-state index in [1.54, 1.807) is 7.11 Å². The van der Waals surface area contributed by atoms with Gasteiger partial charge in [-0.25, -0.2) is 0 Å². The Morgan fingerprint density at radius 2 is 1.97 bits per heavy atom. The Bertz CT molecular complexity index is 843. The fraction of sp³-hybridized carbons (Fsp3) is 0.500. The van der Waals surface area contributed by atoms with Crippen molar-refractivity contribution in [2.75, 3.05) is 25.5 Å². The van der Waals surface area contributed by atoms with Crippen molar-refractivity contribution in [1.29, 1.82) is 0 Å². The number of hydrogen-bond acceptors (Lipinski definition) is 4. The predicted molar refractivity (Wildman–Crippen MR) is 128 cm³/mol. The summed E-state index contributed by atoms with van der Waals surface area (Å²) in [6, 6.07) is 8.51. The summed E-state index contributed by atoms with van der Waals surface area (Å²) in [4.78, 5) is 4.55. The largest absolute Gasteiger partial charge is 0.497 e. The van der Waals surface area contributed by atoms with Crippen molar-refractivity contribution >= 4 is 16.6 Å². The molecule has 2 N–H and O–H groups in total. The molecule has 4 nitrogen and oxygen atoms in total. The molecule has 1 aliphatic carbocycles. The molecule has 1 heterocycles. The summed E-state index contributed by atoms with van der Waals surface area (Å²) in [5.74, 6) is 0.864. The van der Waals surface area contributed by atoms with Crippen LogP contribution in [0.2, 0.25) is 0 Å². The highest BCUT2D eigenvalue weighted by atomic mass is 16.5. The summed E-state index contributed by atoms with van der Waals surface area (Å²) >= 11 is 0. The number of anilines is 1. The second kappa shape index (κ2) is 12.4. The monoisotopic (exact) mass is 407 g/mol. The van der Waals surface area contributed by atoms with Gasteiger partial charge in [0.25, 0.3) is 0 Å². The third kappa shape index (κ3) is 7.17. The van der Waals surface area contributed by atoms with Gasteiger partial charge >= 0.3 is 0 Å². The van der Waals surface area contributed by atoms with Gasteiger partial charge in [0.1, 0.15) is 5.75 Å². The number of aromatic nitrogens is 1. The number of benzene rings is 1. The Balaban J connectivity index is 1.27. The SMILES string of the molecule is COc1cc(NC(C)CCCNCCCCCCC2=CCC=C2)c2ncccc2c1. The molecular formula is C26H37N3O. The Kier molecular flexibility index (Phi) is 9.23. The number of allylic oxidation sites excluding steroid dienone is 4. The summed E-state index contributed by atoms with van der Waals surface area (Å²) < 4.78 is 5.45. The molecule has 2 aromatic rings. The van der Waals surface area contributed by atoms with Crippen LogP contribution in [0.4, 0.5) is 5.69 Å². The van der Waals surface area contributed by atoms with Crippen molar-refractivity contribution in [3.63, 3.8) is 0 Å². The molecule has 1 aliphatic rings. The van der Waals surface area contributed by atoms with Crippen LogP contribution in [0.1, 0.15) is 58.3 Å². The maximum Gasteiger partial charge on any atom is 0.121 e. The second-order valence-electron chi connectivity index (χ2n) is 8.27. The molecule has 1 atom stereocenters. The average molecular weight is 408 g/mol. The van der Waals surface area contributed by atoms with Gasteiger partial charge in [0, 0.05) is 23.7 Å². The number of rotatable bonds is 14. The van der Waals surface area contributed by atoms with Gasteiger partial charge in [-0.1, -0.05) is 42.7 Å². The lowest BCUT2D eigenvalue weighted by Crippen LogP contribution is -2.21. The molecule has 0 amide bonds. The van der Waals surface area contributed by atoms with E-state index in [4.69, 9.17) is 4.74 Å². The molecule has 0 spiro atoms. The molecule has 0 saturated carbocycles. The van der Waals surface area contributed by atoms with Crippen LogP contribution in [0.25, 0.3) is 10.9 Å². The van der Waals surface area contributed by atoms with Gasteiger partial charge < -0.3 is 15.4 Å². The first-order valence-electron chi connectivity index (χ1n) is 11.5. The summed E-state index contributed by atoms with van der Waals surface area (Å²) in [6.45, 7) is 4.46. The molecule has 162 valence electrons. The van der Waals surface area contributed by atoms with E-state index in [0.29, 0.717) is 6.04 Å². The second-order valence-corrected chi connectivity index (χ2v) is 8.27. The van der Waals surface area contributed by atoms with Crippen molar-refractivity contribution < 1.29 is 4.74 Å². The first-order chi connectivity index (χ1) is 14.8. The maximum absolute atomic E-state index is 5.45. The molecule has 0 fully saturated rings. The zero-order valence-corrected chi connectivity index (χ0v) is 18.6. The third-order valence-electron chi connectivity index (χ3n) is 5.72. The summed E-state index contributed by atoms with van der Waals surface area (Å²) in [7, 11) is 1.71. The van der Waals surface area contributed by atoms with Crippen LogP contribution in [-0.2, 0) is 0 Å². The third-order valence-corrected chi connectivity index (χ3v) is 5.72. The molecule has 1 unspecified atom stereocenters. The number of nitrogens with zero attached hydrogens (tertiary/aromatic N) is 1. The molecule has 0 saturated heterocycles. The van der Waals surface area contributed by atoms with Crippen LogP contribution in [0.3, 0.4) is 0 Å². The molecule has 0 bridgehead atoms. The van der Waals surface area contributed by atoms with Crippen LogP contribution in [0.5, 0.6) is 5.75 Å². The Morgan fingerprint density at radius 1 is 1.10 bits per heavy atom. The van der Waals surface area contributed by atoms with E-state index in [2.05, 4.69) is 46.8 Å². The molecule has 0 aliphatic heterocycles. The lowest BCUT2D eigenvalue weighted by molar-refractivity contribution is 0.415. The first kappa shape index (κ1) is 22.4. The number of methoxy groups -OCH3 is 1. The van der Waals surface area contributed by atoms with Gasteiger partial charge in [0.2, 0.25) is 0 Å². The fourth-order valence-corrected chi connectivity index (χ4v) is 4.01. The van der Waals surface area contributed by atoms with E-state index in [0.717, 1.165) is 48.3 Å². The van der Waals surface area contributed by atoms with Crippen molar-refractivity contribution in [3.8, 4) is 5.75 Å². The maximum atomic E-state index is 5.45. The number of ether oxygens (including phenoxy) is 1. The Labute approximate surface area is 181 Å². The number of unbranched alkanes of at least 4 members (excludes halogenated alkanes) is 3. The lowest BCUT2D eigenvalue weighted by atomic mass is 10.1. The van der Waals surface area contributed by atoms with Crippen LogP contribution < -0.4 is 15.4 Å². The lowest BCUT2D eigenvalue weighted by Gasteiger charge is -2.17. The molecule has 30 heavy (non-hydrogen) atoms. The van der Waals surface area contributed by atoms with E-state index in [-0.39, 0.29) is 0 Å². The highest BCUT2D eigenvalue weighted by Crippen LogP contribution is 2.28. The smallest absolute Gasteiger partial charge is 0.121 e. The van der Waals surface area contributed by atoms with E-state index in [1.807, 2.05) is 24.4 Å². The molecule has 4 heteroatoms.